The van der Waals surface area contributed by atoms with Gasteiger partial charge >= 0.3 is 0 Å². The lowest BCUT2D eigenvalue weighted by Gasteiger charge is -2.05. The van der Waals surface area contributed by atoms with Crippen molar-refractivity contribution in [3.63, 3.8) is 0 Å². The van der Waals surface area contributed by atoms with E-state index in [0.29, 0.717) is 0 Å². The maximum atomic E-state index is 5.35. The van der Waals surface area contributed by atoms with Gasteiger partial charge in [0.05, 0.1) is 12.1 Å². The van der Waals surface area contributed by atoms with Gasteiger partial charge < -0.3 is 10.1 Å². The number of ether oxygens (including phenoxy) is 1. The van der Waals surface area contributed by atoms with Gasteiger partial charge in [-0.15, -0.1) is 11.8 Å². The molecular formula is C12H15NOS2. The zero-order valence-corrected chi connectivity index (χ0v) is 11.2. The maximum absolute atomic E-state index is 5.35. The summed E-state index contributed by atoms with van der Waals surface area (Å²) in [6.07, 6.45) is 3.96. The van der Waals surface area contributed by atoms with Gasteiger partial charge in [-0.05, 0) is 30.0 Å². The highest BCUT2D eigenvalue weighted by Crippen LogP contribution is 2.16. The highest BCUT2D eigenvalue weighted by molar-refractivity contribution is 8.02. The monoisotopic (exact) mass is 253 g/mol. The van der Waals surface area contributed by atoms with E-state index in [-0.39, 0.29) is 0 Å². The van der Waals surface area contributed by atoms with E-state index in [1.165, 1.54) is 0 Å². The van der Waals surface area contributed by atoms with Gasteiger partial charge in [0.25, 0.3) is 0 Å². The summed E-state index contributed by atoms with van der Waals surface area (Å²) >= 11 is 6.99. The molecule has 0 spiro atoms. The number of hydrogen-bond donors (Lipinski definition) is 1. The molecule has 0 amide bonds. The van der Waals surface area contributed by atoms with Crippen LogP contribution in [0.2, 0.25) is 0 Å². The summed E-state index contributed by atoms with van der Waals surface area (Å²) in [5.74, 6) is 0.823. The number of allylic oxidation sites excluding steroid dienone is 1. The van der Waals surface area contributed by atoms with E-state index in [9.17, 15) is 0 Å². The van der Waals surface area contributed by atoms with E-state index >= 15 is 0 Å². The van der Waals surface area contributed by atoms with E-state index in [2.05, 4.69) is 5.32 Å². The molecule has 1 N–H and O–H groups in total. The molecule has 4 heteroatoms. The lowest BCUT2D eigenvalue weighted by molar-refractivity contribution is 0.414. The first-order valence-corrected chi connectivity index (χ1v) is 6.46. The van der Waals surface area contributed by atoms with Gasteiger partial charge in [-0.2, -0.15) is 0 Å². The molecule has 0 aliphatic carbocycles. The zero-order chi connectivity index (χ0) is 12.0. The van der Waals surface area contributed by atoms with Crippen molar-refractivity contribution in [1.82, 2.24) is 5.32 Å². The Morgan fingerprint density at radius 1 is 1.50 bits per heavy atom. The molecule has 2 nitrogen and oxygen atoms in total. The largest absolute Gasteiger partial charge is 0.497 e. The number of hydrogen-bond acceptors (Lipinski definition) is 4. The highest BCUT2D eigenvalue weighted by atomic mass is 32.2. The molecule has 0 heterocycles. The molecule has 0 saturated heterocycles. The number of nitrogens with one attached hydrogen (secondary N) is 1. The first kappa shape index (κ1) is 13.1. The first-order valence-electron chi connectivity index (χ1n) is 4.83. The van der Waals surface area contributed by atoms with E-state index < -0.39 is 0 Å². The molecule has 0 aliphatic heterocycles. The summed E-state index contributed by atoms with van der Waals surface area (Å²) in [6, 6.07) is 7.76. The third kappa shape index (κ3) is 3.54. The number of rotatable bonds is 5. The van der Waals surface area contributed by atoms with E-state index in [1.807, 2.05) is 43.6 Å². The van der Waals surface area contributed by atoms with Crippen LogP contribution in [0.1, 0.15) is 5.56 Å². The van der Waals surface area contributed by atoms with Crippen molar-refractivity contribution in [3.8, 4) is 5.75 Å². The molecule has 0 atom stereocenters. The van der Waals surface area contributed by atoms with Crippen LogP contribution >= 0.6 is 24.0 Å². The predicted molar refractivity (Wildman–Crippen MR) is 75.4 cm³/mol. The molecule has 1 rings (SSSR count). The van der Waals surface area contributed by atoms with Crippen molar-refractivity contribution >= 4 is 28.8 Å². The molecule has 1 aromatic carbocycles. The lowest BCUT2D eigenvalue weighted by Crippen LogP contribution is -2.05. The zero-order valence-electron chi connectivity index (χ0n) is 9.61. The number of thioether (sulfide) groups is 1. The SMILES string of the molecule is CNC(=CC(=S)c1cccc(OC)c1)SC. The molecule has 0 fully saturated rings. The fraction of sp³-hybridized carbons (Fsp3) is 0.250. The molecule has 0 aromatic heterocycles. The minimum absolute atomic E-state index is 0.803. The summed E-state index contributed by atoms with van der Waals surface area (Å²) in [5.41, 5.74) is 0.996. The predicted octanol–water partition coefficient (Wildman–Crippen LogP) is 2.84. The fourth-order valence-electron chi connectivity index (χ4n) is 1.21. The maximum Gasteiger partial charge on any atom is 0.119 e. The van der Waals surface area contributed by atoms with Crippen LogP contribution in [0.15, 0.2) is 35.4 Å². The Hall–Kier alpha value is -1.00. The average molecular weight is 253 g/mol. The van der Waals surface area contributed by atoms with Crippen LogP contribution in [-0.2, 0) is 0 Å². The Morgan fingerprint density at radius 2 is 2.25 bits per heavy atom. The van der Waals surface area contributed by atoms with E-state index in [4.69, 9.17) is 17.0 Å². The smallest absolute Gasteiger partial charge is 0.119 e. The van der Waals surface area contributed by atoms with Crippen molar-refractivity contribution < 1.29 is 4.74 Å². The van der Waals surface area contributed by atoms with Gasteiger partial charge in [0.2, 0.25) is 0 Å². The second-order valence-corrected chi connectivity index (χ2v) is 4.35. The van der Waals surface area contributed by atoms with E-state index in [0.717, 1.165) is 21.2 Å². The van der Waals surface area contributed by atoms with Gasteiger partial charge in [-0.1, -0.05) is 24.4 Å². The highest BCUT2D eigenvalue weighted by Gasteiger charge is 2.01. The molecule has 1 aromatic rings. The Bertz CT molecular complexity index is 396. The number of thiocarbonyl (C=S) groups is 1. The van der Waals surface area contributed by atoms with Crippen LogP contribution in [0.3, 0.4) is 0 Å². The summed E-state index contributed by atoms with van der Waals surface area (Å²) < 4.78 is 5.16. The molecule has 0 bridgehead atoms. The summed E-state index contributed by atoms with van der Waals surface area (Å²) in [6.45, 7) is 0. The first-order chi connectivity index (χ1) is 7.71. The van der Waals surface area contributed by atoms with Gasteiger partial charge in [-0.3, -0.25) is 0 Å². The van der Waals surface area contributed by atoms with Gasteiger partial charge in [0, 0.05) is 11.9 Å². The Balaban J connectivity index is 2.91. The molecule has 86 valence electrons. The van der Waals surface area contributed by atoms with Crippen LogP contribution in [0.25, 0.3) is 0 Å². The van der Waals surface area contributed by atoms with Crippen LogP contribution in [0.4, 0.5) is 0 Å². The molecule has 16 heavy (non-hydrogen) atoms. The molecular weight excluding hydrogens is 238 g/mol. The second-order valence-electron chi connectivity index (χ2n) is 3.06. The Kier molecular flexibility index (Phi) is 5.35. The van der Waals surface area contributed by atoms with Gasteiger partial charge in [0.1, 0.15) is 5.75 Å². The van der Waals surface area contributed by atoms with Crippen molar-refractivity contribution in [2.75, 3.05) is 20.4 Å². The molecule has 0 saturated carbocycles. The lowest BCUT2D eigenvalue weighted by atomic mass is 10.1. The van der Waals surface area contributed by atoms with Crippen molar-refractivity contribution in [3.05, 3.63) is 40.9 Å². The summed E-state index contributed by atoms with van der Waals surface area (Å²) in [7, 11) is 3.54. The minimum atomic E-state index is 0.803. The van der Waals surface area contributed by atoms with Crippen LogP contribution in [0.5, 0.6) is 5.75 Å². The second kappa shape index (κ2) is 6.55. The fourth-order valence-corrected chi connectivity index (χ4v) is 1.97. The Morgan fingerprint density at radius 3 is 2.81 bits per heavy atom. The normalized spacial score (nSPS) is 11.1. The molecule has 0 radical (unpaired) electrons. The van der Waals surface area contributed by atoms with Crippen LogP contribution < -0.4 is 10.1 Å². The third-order valence-electron chi connectivity index (χ3n) is 2.08. The Labute approximate surface area is 106 Å². The van der Waals surface area contributed by atoms with Crippen molar-refractivity contribution in [2.45, 2.75) is 0 Å². The number of methoxy groups -OCH3 is 1. The van der Waals surface area contributed by atoms with E-state index in [1.54, 1.807) is 18.9 Å². The van der Waals surface area contributed by atoms with Crippen molar-refractivity contribution in [2.24, 2.45) is 0 Å². The topological polar surface area (TPSA) is 21.3 Å². The quantitative estimate of drug-likeness (QED) is 0.495. The van der Waals surface area contributed by atoms with Crippen molar-refractivity contribution in [1.29, 1.82) is 0 Å². The standard InChI is InChI=1S/C12H15NOS2/c1-13-12(16-3)8-11(15)9-5-4-6-10(7-9)14-2/h4-8,13H,1-3H3. The van der Waals surface area contributed by atoms with Gasteiger partial charge in [0.15, 0.2) is 0 Å². The van der Waals surface area contributed by atoms with Crippen LogP contribution in [-0.4, -0.2) is 25.3 Å². The summed E-state index contributed by atoms with van der Waals surface area (Å²) in [4.78, 5) is 0.803. The minimum Gasteiger partial charge on any atom is -0.497 e. The molecule has 0 unspecified atom stereocenters. The molecule has 0 aliphatic rings. The van der Waals surface area contributed by atoms with Gasteiger partial charge in [-0.25, -0.2) is 0 Å². The third-order valence-corrected chi connectivity index (χ3v) is 3.20. The average Bonchev–Trinajstić information content (AvgIpc) is 2.35. The van der Waals surface area contributed by atoms with Crippen LogP contribution in [0, 0.1) is 0 Å². The summed E-state index contributed by atoms with van der Waals surface area (Å²) in [5, 5.41) is 4.14. The number of benzene rings is 1.